The number of nitrogens with one attached hydrogen (secondary N) is 1. The first-order valence-electron chi connectivity index (χ1n) is 9.95. The Morgan fingerprint density at radius 1 is 1.24 bits per heavy atom. The Kier molecular flexibility index (Phi) is 6.98. The standard InChI is InChI=1S/C22H29ClN4O2/c1-15(2)18-12-19(23)16(3)11-20(18)29-14-22(28)25-17-5-6-21(24-13-17)27-9-7-26(4)8-10-27/h5-6,11-13,15H,7-10,14H2,1-4H3,(H,25,28). The molecule has 1 saturated heterocycles. The van der Waals surface area contributed by atoms with Crippen LogP contribution in [0.4, 0.5) is 11.5 Å². The topological polar surface area (TPSA) is 57.7 Å². The first-order chi connectivity index (χ1) is 13.8. The van der Waals surface area contributed by atoms with Gasteiger partial charge >= 0.3 is 0 Å². The highest BCUT2D eigenvalue weighted by molar-refractivity contribution is 6.31. The van der Waals surface area contributed by atoms with Gasteiger partial charge in [0.1, 0.15) is 11.6 Å². The van der Waals surface area contributed by atoms with Gasteiger partial charge in [0.2, 0.25) is 0 Å². The highest BCUT2D eigenvalue weighted by atomic mass is 35.5. The largest absolute Gasteiger partial charge is 0.483 e. The maximum Gasteiger partial charge on any atom is 0.262 e. The smallest absolute Gasteiger partial charge is 0.262 e. The Hall–Kier alpha value is -2.31. The summed E-state index contributed by atoms with van der Waals surface area (Å²) in [5.74, 6) is 1.66. The maximum atomic E-state index is 12.3. The van der Waals surface area contributed by atoms with Crippen molar-refractivity contribution < 1.29 is 9.53 Å². The van der Waals surface area contributed by atoms with Crippen molar-refractivity contribution in [2.45, 2.75) is 26.7 Å². The molecule has 3 rings (SSSR count). The number of carbonyl (C=O) groups excluding carboxylic acids is 1. The van der Waals surface area contributed by atoms with Crippen molar-refractivity contribution in [3.63, 3.8) is 0 Å². The summed E-state index contributed by atoms with van der Waals surface area (Å²) in [6.07, 6.45) is 1.69. The number of halogens is 1. The lowest BCUT2D eigenvalue weighted by atomic mass is 10.0. The van der Waals surface area contributed by atoms with Gasteiger partial charge in [-0.05, 0) is 55.3 Å². The minimum absolute atomic E-state index is 0.0684. The molecule has 1 fully saturated rings. The molecular weight excluding hydrogens is 388 g/mol. The Bertz CT molecular complexity index is 847. The lowest BCUT2D eigenvalue weighted by molar-refractivity contribution is -0.118. The van der Waals surface area contributed by atoms with Crippen molar-refractivity contribution >= 4 is 29.0 Å². The molecule has 1 aliphatic rings. The number of anilines is 2. The molecule has 1 aromatic carbocycles. The second-order valence-electron chi connectivity index (χ2n) is 7.83. The molecule has 6 nitrogen and oxygen atoms in total. The summed E-state index contributed by atoms with van der Waals surface area (Å²) in [4.78, 5) is 21.4. The lowest BCUT2D eigenvalue weighted by Gasteiger charge is -2.33. The van der Waals surface area contributed by atoms with E-state index < -0.39 is 0 Å². The van der Waals surface area contributed by atoms with E-state index in [0.29, 0.717) is 16.5 Å². The molecule has 0 radical (unpaired) electrons. The third kappa shape index (κ3) is 5.61. The predicted molar refractivity (Wildman–Crippen MR) is 118 cm³/mol. The molecule has 0 bridgehead atoms. The fourth-order valence-corrected chi connectivity index (χ4v) is 3.44. The molecule has 0 atom stereocenters. The number of hydrogen-bond acceptors (Lipinski definition) is 5. The van der Waals surface area contributed by atoms with Crippen molar-refractivity contribution in [2.75, 3.05) is 50.1 Å². The number of hydrogen-bond donors (Lipinski definition) is 1. The minimum atomic E-state index is -0.221. The van der Waals surface area contributed by atoms with E-state index >= 15 is 0 Å². The predicted octanol–water partition coefficient (Wildman–Crippen LogP) is 3.94. The highest BCUT2D eigenvalue weighted by Gasteiger charge is 2.16. The van der Waals surface area contributed by atoms with Crippen LogP contribution in [0.15, 0.2) is 30.5 Å². The van der Waals surface area contributed by atoms with E-state index in [2.05, 4.69) is 41.0 Å². The zero-order valence-electron chi connectivity index (χ0n) is 17.5. The monoisotopic (exact) mass is 416 g/mol. The van der Waals surface area contributed by atoms with E-state index in [0.717, 1.165) is 43.1 Å². The van der Waals surface area contributed by atoms with E-state index in [4.69, 9.17) is 16.3 Å². The molecular formula is C22H29ClN4O2. The summed E-state index contributed by atoms with van der Waals surface area (Å²) in [5.41, 5.74) is 2.58. The zero-order chi connectivity index (χ0) is 21.0. The molecule has 1 amide bonds. The minimum Gasteiger partial charge on any atom is -0.483 e. The molecule has 0 unspecified atom stereocenters. The first kappa shape index (κ1) is 21.4. The quantitative estimate of drug-likeness (QED) is 0.773. The summed E-state index contributed by atoms with van der Waals surface area (Å²) >= 11 is 6.23. The van der Waals surface area contributed by atoms with Gasteiger partial charge in [-0.3, -0.25) is 4.79 Å². The number of carbonyl (C=O) groups is 1. The number of aryl methyl sites for hydroxylation is 1. The van der Waals surface area contributed by atoms with Gasteiger partial charge in [-0.25, -0.2) is 4.98 Å². The van der Waals surface area contributed by atoms with Gasteiger partial charge < -0.3 is 19.9 Å². The van der Waals surface area contributed by atoms with E-state index in [1.165, 1.54) is 0 Å². The molecule has 29 heavy (non-hydrogen) atoms. The number of rotatable bonds is 6. The van der Waals surface area contributed by atoms with Crippen LogP contribution in [-0.2, 0) is 4.79 Å². The van der Waals surface area contributed by atoms with Gasteiger partial charge in [0.15, 0.2) is 6.61 Å². The summed E-state index contributed by atoms with van der Waals surface area (Å²) < 4.78 is 5.79. The van der Waals surface area contributed by atoms with Crippen LogP contribution >= 0.6 is 11.6 Å². The molecule has 0 saturated carbocycles. The zero-order valence-corrected chi connectivity index (χ0v) is 18.3. The van der Waals surface area contributed by atoms with Gasteiger partial charge in [0.05, 0.1) is 11.9 Å². The summed E-state index contributed by atoms with van der Waals surface area (Å²) in [5, 5.41) is 3.55. The Labute approximate surface area is 177 Å². The van der Waals surface area contributed by atoms with E-state index in [-0.39, 0.29) is 18.4 Å². The van der Waals surface area contributed by atoms with Gasteiger partial charge in [-0.2, -0.15) is 0 Å². The Morgan fingerprint density at radius 2 is 1.97 bits per heavy atom. The number of amides is 1. The van der Waals surface area contributed by atoms with Crippen LogP contribution < -0.4 is 15.0 Å². The van der Waals surface area contributed by atoms with Crippen molar-refractivity contribution in [1.82, 2.24) is 9.88 Å². The average molecular weight is 417 g/mol. The van der Waals surface area contributed by atoms with Crippen LogP contribution in [0.1, 0.15) is 30.9 Å². The average Bonchev–Trinajstić information content (AvgIpc) is 2.69. The third-order valence-electron chi connectivity index (χ3n) is 5.13. The van der Waals surface area contributed by atoms with Crippen LogP contribution in [0.3, 0.4) is 0 Å². The van der Waals surface area contributed by atoms with Gasteiger partial charge in [0, 0.05) is 31.2 Å². The number of nitrogens with zero attached hydrogens (tertiary/aromatic N) is 3. The van der Waals surface area contributed by atoms with Crippen molar-refractivity contribution in [3.8, 4) is 5.75 Å². The lowest BCUT2D eigenvalue weighted by Crippen LogP contribution is -2.44. The molecule has 2 aromatic rings. The van der Waals surface area contributed by atoms with Gasteiger partial charge in [-0.15, -0.1) is 0 Å². The molecule has 2 heterocycles. The van der Waals surface area contributed by atoms with Crippen molar-refractivity contribution in [1.29, 1.82) is 0 Å². The number of benzene rings is 1. The van der Waals surface area contributed by atoms with Crippen molar-refractivity contribution in [3.05, 3.63) is 46.6 Å². The van der Waals surface area contributed by atoms with Crippen LogP contribution in [0.25, 0.3) is 0 Å². The fourth-order valence-electron chi connectivity index (χ4n) is 3.27. The first-order valence-corrected chi connectivity index (χ1v) is 10.3. The van der Waals surface area contributed by atoms with Crippen LogP contribution in [0.5, 0.6) is 5.75 Å². The highest BCUT2D eigenvalue weighted by Crippen LogP contribution is 2.32. The van der Waals surface area contributed by atoms with Gasteiger partial charge in [-0.1, -0.05) is 25.4 Å². The Balaban J connectivity index is 1.57. The third-order valence-corrected chi connectivity index (χ3v) is 5.54. The van der Waals surface area contributed by atoms with Crippen LogP contribution in [0, 0.1) is 6.92 Å². The number of pyridine rings is 1. The number of piperazine rings is 1. The summed E-state index contributed by atoms with van der Waals surface area (Å²) in [7, 11) is 2.13. The van der Waals surface area contributed by atoms with Crippen LogP contribution in [0.2, 0.25) is 5.02 Å². The number of likely N-dealkylation sites (N-methyl/N-ethyl adjacent to an activating group) is 1. The molecule has 156 valence electrons. The molecule has 7 heteroatoms. The maximum absolute atomic E-state index is 12.3. The molecule has 1 N–H and O–H groups in total. The second kappa shape index (κ2) is 9.46. The molecule has 0 spiro atoms. The number of ether oxygens (including phenoxy) is 1. The SMILES string of the molecule is Cc1cc(OCC(=O)Nc2ccc(N3CCN(C)CC3)nc2)c(C(C)C)cc1Cl. The number of aromatic nitrogens is 1. The summed E-state index contributed by atoms with van der Waals surface area (Å²) in [6.45, 7) is 9.97. The fraction of sp³-hybridized carbons (Fsp3) is 0.455. The van der Waals surface area contributed by atoms with Crippen molar-refractivity contribution in [2.24, 2.45) is 0 Å². The normalized spacial score (nSPS) is 14.9. The van der Waals surface area contributed by atoms with E-state index in [9.17, 15) is 4.79 Å². The van der Waals surface area contributed by atoms with E-state index in [1.807, 2.05) is 31.2 Å². The molecule has 0 aliphatic carbocycles. The second-order valence-corrected chi connectivity index (χ2v) is 8.23. The summed E-state index contributed by atoms with van der Waals surface area (Å²) in [6, 6.07) is 7.62. The van der Waals surface area contributed by atoms with Gasteiger partial charge in [0.25, 0.3) is 5.91 Å². The molecule has 1 aromatic heterocycles. The Morgan fingerprint density at radius 3 is 2.59 bits per heavy atom. The van der Waals surface area contributed by atoms with Crippen LogP contribution in [-0.4, -0.2) is 55.6 Å². The van der Waals surface area contributed by atoms with E-state index in [1.54, 1.807) is 6.20 Å². The molecule has 1 aliphatic heterocycles.